The molecule has 0 aliphatic carbocycles. The predicted molar refractivity (Wildman–Crippen MR) is 129 cm³/mol. The Hall–Kier alpha value is -2.10. The van der Waals surface area contributed by atoms with Crippen LogP contribution in [0, 0.1) is 3.57 Å². The van der Waals surface area contributed by atoms with Gasteiger partial charge in [0.25, 0.3) is 5.91 Å². The molecule has 0 saturated carbocycles. The van der Waals surface area contributed by atoms with E-state index in [1.807, 2.05) is 30.3 Å². The fraction of sp³-hybridized carbons (Fsp3) is 0.0909. The second-order valence-corrected chi connectivity index (χ2v) is 9.73. The van der Waals surface area contributed by atoms with Crippen molar-refractivity contribution in [3.8, 4) is 5.75 Å². The van der Waals surface area contributed by atoms with E-state index >= 15 is 0 Å². The third kappa shape index (κ3) is 4.91. The van der Waals surface area contributed by atoms with Gasteiger partial charge in [-0.1, -0.05) is 36.0 Å². The van der Waals surface area contributed by atoms with Gasteiger partial charge in [-0.2, -0.15) is 0 Å². The van der Waals surface area contributed by atoms with Crippen LogP contribution in [0.5, 0.6) is 5.75 Å². The van der Waals surface area contributed by atoms with Crippen LogP contribution in [-0.4, -0.2) is 18.0 Å². The van der Waals surface area contributed by atoms with Crippen LogP contribution in [0.3, 0.4) is 0 Å². The Balaban J connectivity index is 1.48. The maximum atomic E-state index is 12.6. The molecule has 1 N–H and O–H groups in total. The number of fused-ring (bicyclic) bond motifs is 1. The summed E-state index contributed by atoms with van der Waals surface area (Å²) in [4.78, 5) is 17.3. The molecule has 29 heavy (non-hydrogen) atoms. The van der Waals surface area contributed by atoms with E-state index in [2.05, 4.69) is 52.2 Å². The number of halogens is 1. The van der Waals surface area contributed by atoms with E-state index in [0.29, 0.717) is 11.3 Å². The Morgan fingerprint density at radius 1 is 1.14 bits per heavy atom. The Bertz CT molecular complexity index is 1160. The van der Waals surface area contributed by atoms with Gasteiger partial charge >= 0.3 is 0 Å². The summed E-state index contributed by atoms with van der Waals surface area (Å²) in [6.45, 7) is 0. The summed E-state index contributed by atoms with van der Waals surface area (Å²) in [7, 11) is 1.56. The van der Waals surface area contributed by atoms with Gasteiger partial charge in [0.05, 0.1) is 22.9 Å². The van der Waals surface area contributed by atoms with Crippen LogP contribution in [-0.2, 0) is 5.75 Å². The molecule has 4 aromatic rings. The molecule has 0 radical (unpaired) electrons. The highest BCUT2D eigenvalue weighted by atomic mass is 127. The molecule has 3 aromatic carbocycles. The number of aromatic nitrogens is 1. The fourth-order valence-electron chi connectivity index (χ4n) is 2.80. The number of carbonyl (C=O) groups is 1. The molecule has 1 aromatic heterocycles. The molecule has 1 amide bonds. The summed E-state index contributed by atoms with van der Waals surface area (Å²) in [6, 6.07) is 21.5. The highest BCUT2D eigenvalue weighted by molar-refractivity contribution is 14.1. The minimum absolute atomic E-state index is 0.195. The average Bonchev–Trinajstić information content (AvgIpc) is 3.15. The molecule has 0 aliphatic rings. The van der Waals surface area contributed by atoms with E-state index in [4.69, 9.17) is 9.72 Å². The maximum Gasteiger partial charge on any atom is 0.259 e. The molecule has 0 unspecified atom stereocenters. The Morgan fingerprint density at radius 3 is 2.72 bits per heavy atom. The SMILES string of the molecule is COc1ccccc1C(=O)Nc1ccc2nc(SCc3ccc(I)cc3)sc2c1. The fourth-order valence-corrected chi connectivity index (χ4v) is 5.22. The molecule has 4 rings (SSSR count). The minimum atomic E-state index is -0.195. The van der Waals surface area contributed by atoms with Crippen LogP contribution in [0.1, 0.15) is 15.9 Å². The van der Waals surface area contributed by atoms with E-state index in [9.17, 15) is 4.79 Å². The summed E-state index contributed by atoms with van der Waals surface area (Å²) in [6.07, 6.45) is 0. The highest BCUT2D eigenvalue weighted by Crippen LogP contribution is 2.33. The molecule has 0 fully saturated rings. The zero-order valence-electron chi connectivity index (χ0n) is 15.5. The maximum absolute atomic E-state index is 12.6. The number of nitrogens with one attached hydrogen (secondary N) is 1. The Kier molecular flexibility index (Phi) is 6.37. The molecule has 0 saturated heterocycles. The molecule has 4 nitrogen and oxygen atoms in total. The molecule has 0 atom stereocenters. The van der Waals surface area contributed by atoms with Gasteiger partial charge in [0.2, 0.25) is 0 Å². The molecule has 0 bridgehead atoms. The van der Waals surface area contributed by atoms with Crippen molar-refractivity contribution in [2.45, 2.75) is 10.1 Å². The van der Waals surface area contributed by atoms with Crippen molar-refractivity contribution in [3.63, 3.8) is 0 Å². The van der Waals surface area contributed by atoms with E-state index in [-0.39, 0.29) is 5.91 Å². The van der Waals surface area contributed by atoms with Gasteiger partial charge in [0.15, 0.2) is 4.34 Å². The number of carbonyl (C=O) groups excluding carboxylic acids is 1. The van der Waals surface area contributed by atoms with Crippen LogP contribution >= 0.6 is 45.7 Å². The van der Waals surface area contributed by atoms with E-state index in [0.717, 1.165) is 26.0 Å². The van der Waals surface area contributed by atoms with Crippen LogP contribution < -0.4 is 10.1 Å². The van der Waals surface area contributed by atoms with Gasteiger partial charge < -0.3 is 10.1 Å². The highest BCUT2D eigenvalue weighted by Gasteiger charge is 2.13. The number of ether oxygens (including phenoxy) is 1. The lowest BCUT2D eigenvalue weighted by atomic mass is 10.2. The molecule has 1 heterocycles. The number of benzene rings is 3. The van der Waals surface area contributed by atoms with Gasteiger partial charge in [-0.05, 0) is 70.6 Å². The third-order valence-electron chi connectivity index (χ3n) is 4.25. The largest absolute Gasteiger partial charge is 0.496 e. The minimum Gasteiger partial charge on any atom is -0.496 e. The summed E-state index contributed by atoms with van der Waals surface area (Å²) in [5, 5.41) is 2.95. The number of anilines is 1. The second-order valence-electron chi connectivity index (χ2n) is 6.23. The molecule has 146 valence electrons. The number of amides is 1. The van der Waals surface area contributed by atoms with E-state index in [1.54, 1.807) is 42.3 Å². The van der Waals surface area contributed by atoms with E-state index in [1.165, 1.54) is 9.13 Å². The lowest BCUT2D eigenvalue weighted by Crippen LogP contribution is -2.12. The van der Waals surface area contributed by atoms with Crippen molar-refractivity contribution < 1.29 is 9.53 Å². The van der Waals surface area contributed by atoms with Gasteiger partial charge in [-0.3, -0.25) is 4.79 Å². The first-order chi connectivity index (χ1) is 14.1. The lowest BCUT2D eigenvalue weighted by molar-refractivity contribution is 0.102. The monoisotopic (exact) mass is 532 g/mol. The summed E-state index contributed by atoms with van der Waals surface area (Å²) in [5.74, 6) is 1.24. The quantitative estimate of drug-likeness (QED) is 0.229. The van der Waals surface area contributed by atoms with Crippen molar-refractivity contribution in [1.82, 2.24) is 4.98 Å². The average molecular weight is 532 g/mol. The zero-order valence-corrected chi connectivity index (χ0v) is 19.3. The first-order valence-electron chi connectivity index (χ1n) is 8.84. The Labute approximate surface area is 190 Å². The standard InChI is InChI=1S/C22H17IN2O2S2/c1-27-19-5-3-2-4-17(19)21(26)24-16-10-11-18-20(12-16)29-22(25-18)28-13-14-6-8-15(23)9-7-14/h2-12H,13H2,1H3,(H,24,26). The molecular weight excluding hydrogens is 515 g/mol. The number of para-hydroxylation sites is 1. The Morgan fingerprint density at radius 2 is 1.93 bits per heavy atom. The zero-order chi connectivity index (χ0) is 20.2. The molecule has 7 heteroatoms. The topological polar surface area (TPSA) is 51.2 Å². The van der Waals surface area contributed by atoms with Crippen molar-refractivity contribution in [3.05, 3.63) is 81.4 Å². The number of hydrogen-bond acceptors (Lipinski definition) is 5. The van der Waals surface area contributed by atoms with Gasteiger partial charge in [0.1, 0.15) is 5.75 Å². The first kappa shape index (κ1) is 20.2. The van der Waals surface area contributed by atoms with Crippen LogP contribution in [0.2, 0.25) is 0 Å². The second kappa shape index (κ2) is 9.15. The van der Waals surface area contributed by atoms with Crippen LogP contribution in [0.4, 0.5) is 5.69 Å². The van der Waals surface area contributed by atoms with Gasteiger partial charge in [-0.25, -0.2) is 4.98 Å². The molecule has 0 aliphatic heterocycles. The van der Waals surface area contributed by atoms with Crippen molar-refractivity contribution >= 4 is 67.5 Å². The number of thiazole rings is 1. The number of methoxy groups -OCH3 is 1. The summed E-state index contributed by atoms with van der Waals surface area (Å²) < 4.78 is 8.58. The third-order valence-corrected chi connectivity index (χ3v) is 7.21. The number of thioether (sulfide) groups is 1. The van der Waals surface area contributed by atoms with E-state index < -0.39 is 0 Å². The number of hydrogen-bond donors (Lipinski definition) is 1. The normalized spacial score (nSPS) is 10.8. The van der Waals surface area contributed by atoms with Crippen molar-refractivity contribution in [2.24, 2.45) is 0 Å². The van der Waals surface area contributed by atoms with Crippen molar-refractivity contribution in [2.75, 3.05) is 12.4 Å². The van der Waals surface area contributed by atoms with Gasteiger partial charge in [0, 0.05) is 15.0 Å². The van der Waals surface area contributed by atoms with Crippen LogP contribution in [0.25, 0.3) is 10.2 Å². The van der Waals surface area contributed by atoms with Crippen LogP contribution in [0.15, 0.2) is 71.1 Å². The number of nitrogens with zero attached hydrogens (tertiary/aromatic N) is 1. The molecular formula is C22H17IN2O2S2. The lowest BCUT2D eigenvalue weighted by Gasteiger charge is -2.09. The first-order valence-corrected chi connectivity index (χ1v) is 11.7. The van der Waals surface area contributed by atoms with Crippen molar-refractivity contribution in [1.29, 1.82) is 0 Å². The smallest absolute Gasteiger partial charge is 0.259 e. The summed E-state index contributed by atoms with van der Waals surface area (Å²) >= 11 is 5.68. The predicted octanol–water partition coefficient (Wildman–Crippen LogP) is 6.45. The summed E-state index contributed by atoms with van der Waals surface area (Å²) in [5.41, 5.74) is 3.47. The number of rotatable bonds is 6. The molecule has 0 spiro atoms. The van der Waals surface area contributed by atoms with Gasteiger partial charge in [-0.15, -0.1) is 11.3 Å².